The predicted molar refractivity (Wildman–Crippen MR) is 120 cm³/mol. The maximum atomic E-state index is 12.7. The van der Waals surface area contributed by atoms with Crippen molar-refractivity contribution in [2.24, 2.45) is 0 Å². The zero-order valence-corrected chi connectivity index (χ0v) is 17.9. The minimum Gasteiger partial charge on any atom is -0.345 e. The molecule has 10 heteroatoms. The van der Waals surface area contributed by atoms with E-state index in [4.69, 9.17) is 0 Å². The van der Waals surface area contributed by atoms with Gasteiger partial charge in [-0.2, -0.15) is 11.8 Å². The van der Waals surface area contributed by atoms with Gasteiger partial charge in [-0.15, -0.1) is 10.2 Å². The Kier molecular flexibility index (Phi) is 6.34. The van der Waals surface area contributed by atoms with E-state index in [2.05, 4.69) is 25.5 Å². The van der Waals surface area contributed by atoms with Crippen LogP contribution in [0.25, 0.3) is 16.6 Å². The highest BCUT2D eigenvalue weighted by atomic mass is 32.2. The molecule has 4 aromatic rings. The summed E-state index contributed by atoms with van der Waals surface area (Å²) in [6.45, 7) is 0. The van der Waals surface area contributed by atoms with Gasteiger partial charge in [0.2, 0.25) is 5.91 Å². The van der Waals surface area contributed by atoms with E-state index < -0.39 is 0 Å². The van der Waals surface area contributed by atoms with Crippen molar-refractivity contribution in [2.75, 3.05) is 17.8 Å². The van der Waals surface area contributed by atoms with E-state index in [0.29, 0.717) is 21.9 Å². The molecule has 0 saturated carbocycles. The van der Waals surface area contributed by atoms with Gasteiger partial charge in [0.15, 0.2) is 16.6 Å². The van der Waals surface area contributed by atoms with Gasteiger partial charge in [-0.05, 0) is 42.7 Å². The Balaban J connectivity index is 1.47. The van der Waals surface area contributed by atoms with Gasteiger partial charge in [-0.1, -0.05) is 30.0 Å². The fraction of sp³-hybridized carbons (Fsp3) is 0.250. The van der Waals surface area contributed by atoms with Crippen LogP contribution in [0.4, 0.5) is 0 Å². The minimum atomic E-state index is -0.258. The third-order valence-corrected chi connectivity index (χ3v) is 6.05. The van der Waals surface area contributed by atoms with E-state index in [1.54, 1.807) is 30.0 Å². The lowest BCUT2D eigenvalue weighted by atomic mass is 10.2. The summed E-state index contributed by atoms with van der Waals surface area (Å²) in [6, 6.07) is 12.6. The van der Waals surface area contributed by atoms with Crippen molar-refractivity contribution in [3.8, 4) is 0 Å². The maximum Gasteiger partial charge on any atom is 0.259 e. The Bertz CT molecular complexity index is 1240. The van der Waals surface area contributed by atoms with Crippen molar-refractivity contribution in [1.82, 2.24) is 29.9 Å². The van der Waals surface area contributed by atoms with Gasteiger partial charge < -0.3 is 10.3 Å². The number of benzene rings is 1. The molecule has 154 valence electrons. The molecule has 4 rings (SSSR count). The topological polar surface area (TPSA) is 105 Å². The number of H-pyrrole nitrogens is 1. The molecule has 1 atom stereocenters. The van der Waals surface area contributed by atoms with Crippen molar-refractivity contribution in [2.45, 2.75) is 17.6 Å². The number of carbonyl (C=O) groups excluding carboxylic acids is 1. The van der Waals surface area contributed by atoms with Crippen LogP contribution in [-0.2, 0) is 4.79 Å². The average molecular weight is 441 g/mol. The Morgan fingerprint density at radius 2 is 2.03 bits per heavy atom. The molecule has 0 spiro atoms. The third kappa shape index (κ3) is 4.49. The van der Waals surface area contributed by atoms with E-state index in [0.717, 1.165) is 17.8 Å². The summed E-state index contributed by atoms with van der Waals surface area (Å²) in [4.78, 5) is 32.0. The Morgan fingerprint density at radius 3 is 2.90 bits per heavy atom. The third-order valence-electron chi connectivity index (χ3n) is 4.53. The summed E-state index contributed by atoms with van der Waals surface area (Å²) in [5, 5.41) is 12.5. The fourth-order valence-corrected chi connectivity index (χ4v) is 4.25. The van der Waals surface area contributed by atoms with E-state index in [9.17, 15) is 9.59 Å². The largest absolute Gasteiger partial charge is 0.345 e. The van der Waals surface area contributed by atoms with Crippen molar-refractivity contribution in [1.29, 1.82) is 0 Å². The van der Waals surface area contributed by atoms with Crippen LogP contribution in [0.1, 0.15) is 18.3 Å². The number of amides is 1. The number of rotatable bonds is 8. The van der Waals surface area contributed by atoms with Crippen LogP contribution in [-0.4, -0.2) is 48.2 Å². The van der Waals surface area contributed by atoms with E-state index in [-0.39, 0.29) is 23.3 Å². The zero-order valence-electron chi connectivity index (χ0n) is 16.2. The normalized spacial score (nSPS) is 12.3. The Labute approximate surface area is 180 Å². The van der Waals surface area contributed by atoms with Crippen LogP contribution >= 0.6 is 23.5 Å². The first-order valence-corrected chi connectivity index (χ1v) is 11.7. The van der Waals surface area contributed by atoms with Gasteiger partial charge in [0.25, 0.3) is 5.56 Å². The van der Waals surface area contributed by atoms with E-state index >= 15 is 0 Å². The number of aromatic nitrogens is 5. The first-order valence-electron chi connectivity index (χ1n) is 9.35. The number of aromatic amines is 1. The number of fused-ring (bicyclic) bond motifs is 2. The molecular weight excluding hydrogens is 420 g/mol. The number of nitrogens with zero attached hydrogens (tertiary/aromatic N) is 4. The van der Waals surface area contributed by atoms with Crippen LogP contribution in [0, 0.1) is 0 Å². The smallest absolute Gasteiger partial charge is 0.259 e. The Morgan fingerprint density at radius 1 is 1.20 bits per heavy atom. The SMILES string of the molecule is CSCCC(NC(=O)CSc1nc2ccccc2c(=O)[nH]1)c1nnc2ccccn12. The molecule has 3 heterocycles. The highest BCUT2D eigenvalue weighted by Crippen LogP contribution is 2.19. The zero-order chi connectivity index (χ0) is 20.9. The summed E-state index contributed by atoms with van der Waals surface area (Å²) in [6.07, 6.45) is 4.65. The molecule has 0 fully saturated rings. The lowest BCUT2D eigenvalue weighted by molar-refractivity contribution is -0.119. The number of pyridine rings is 1. The molecule has 30 heavy (non-hydrogen) atoms. The summed E-state index contributed by atoms with van der Waals surface area (Å²) in [5.74, 6) is 1.55. The van der Waals surface area contributed by atoms with Crippen LogP contribution in [0.5, 0.6) is 0 Å². The number of carbonyl (C=O) groups is 1. The second kappa shape index (κ2) is 9.31. The highest BCUT2D eigenvalue weighted by Gasteiger charge is 2.20. The first kappa shape index (κ1) is 20.4. The molecule has 3 aromatic heterocycles. The lowest BCUT2D eigenvalue weighted by Gasteiger charge is -2.17. The molecule has 0 radical (unpaired) electrons. The first-order chi connectivity index (χ1) is 14.7. The second-order valence-electron chi connectivity index (χ2n) is 6.57. The molecule has 1 unspecified atom stereocenters. The molecule has 0 saturated heterocycles. The van der Waals surface area contributed by atoms with Gasteiger partial charge in [0.05, 0.1) is 22.7 Å². The van der Waals surface area contributed by atoms with Gasteiger partial charge in [-0.25, -0.2) is 4.98 Å². The number of para-hydroxylation sites is 1. The quantitative estimate of drug-likeness (QED) is 0.321. The van der Waals surface area contributed by atoms with Crippen LogP contribution in [0.3, 0.4) is 0 Å². The van der Waals surface area contributed by atoms with Gasteiger partial charge in [-0.3, -0.25) is 14.0 Å². The van der Waals surface area contributed by atoms with Gasteiger partial charge in [0.1, 0.15) is 0 Å². The Hall–Kier alpha value is -2.85. The average Bonchev–Trinajstić information content (AvgIpc) is 3.19. The molecule has 0 bridgehead atoms. The standard InChI is InChI=1S/C20H20N6O2S2/c1-29-11-9-15(18-25-24-16-8-4-5-10-26(16)18)21-17(27)12-30-20-22-14-7-3-2-6-13(14)19(28)23-20/h2-8,10,15H,9,11-12H2,1H3,(H,21,27)(H,22,23,28). The number of hydrogen-bond acceptors (Lipinski definition) is 7. The fourth-order valence-electron chi connectivity index (χ4n) is 3.10. The van der Waals surface area contributed by atoms with Crippen molar-refractivity contribution in [3.63, 3.8) is 0 Å². The minimum absolute atomic E-state index is 0.133. The molecule has 0 aliphatic carbocycles. The molecule has 0 aliphatic rings. The van der Waals surface area contributed by atoms with E-state index in [1.165, 1.54) is 11.8 Å². The second-order valence-corrected chi connectivity index (χ2v) is 8.52. The number of thioether (sulfide) groups is 2. The predicted octanol–water partition coefficient (Wildman–Crippen LogP) is 2.67. The maximum absolute atomic E-state index is 12.7. The summed E-state index contributed by atoms with van der Waals surface area (Å²) in [5.41, 5.74) is 1.14. The van der Waals surface area contributed by atoms with Crippen molar-refractivity contribution in [3.05, 3.63) is 64.8 Å². The number of hydrogen-bond donors (Lipinski definition) is 2. The van der Waals surface area contributed by atoms with E-state index in [1.807, 2.05) is 41.1 Å². The van der Waals surface area contributed by atoms with Crippen LogP contribution in [0.15, 0.2) is 58.6 Å². The lowest BCUT2D eigenvalue weighted by Crippen LogP contribution is -2.31. The monoisotopic (exact) mass is 440 g/mol. The molecule has 1 aromatic carbocycles. The van der Waals surface area contributed by atoms with Gasteiger partial charge >= 0.3 is 0 Å². The molecular formula is C20H20N6O2S2. The van der Waals surface area contributed by atoms with Crippen molar-refractivity contribution < 1.29 is 4.79 Å². The summed E-state index contributed by atoms with van der Waals surface area (Å²) >= 11 is 2.91. The molecule has 8 nitrogen and oxygen atoms in total. The van der Waals surface area contributed by atoms with Crippen LogP contribution < -0.4 is 10.9 Å². The molecule has 0 aliphatic heterocycles. The van der Waals surface area contributed by atoms with Crippen molar-refractivity contribution >= 4 is 46.0 Å². The summed E-state index contributed by atoms with van der Waals surface area (Å²) < 4.78 is 1.89. The molecule has 1 amide bonds. The number of nitrogens with one attached hydrogen (secondary N) is 2. The van der Waals surface area contributed by atoms with Crippen LogP contribution in [0.2, 0.25) is 0 Å². The van der Waals surface area contributed by atoms with Gasteiger partial charge in [0, 0.05) is 6.20 Å². The molecule has 2 N–H and O–H groups in total. The summed E-state index contributed by atoms with van der Waals surface area (Å²) in [7, 11) is 0. The highest BCUT2D eigenvalue weighted by molar-refractivity contribution is 7.99.